The summed E-state index contributed by atoms with van der Waals surface area (Å²) in [5.74, 6) is -0.205. The van der Waals surface area contributed by atoms with Crippen molar-refractivity contribution < 1.29 is 9.18 Å². The van der Waals surface area contributed by atoms with Crippen LogP contribution >= 0.6 is 0 Å². The van der Waals surface area contributed by atoms with Crippen LogP contribution in [0.15, 0.2) is 18.2 Å². The second kappa shape index (κ2) is 4.11. The molecular weight excluding hydrogens is 219 g/mol. The second-order valence-corrected chi connectivity index (χ2v) is 5.02. The van der Waals surface area contributed by atoms with Crippen LogP contribution in [-0.4, -0.2) is 18.0 Å². The van der Waals surface area contributed by atoms with Crippen LogP contribution in [0.3, 0.4) is 0 Å². The van der Waals surface area contributed by atoms with Gasteiger partial charge in [0.1, 0.15) is 5.82 Å². The van der Waals surface area contributed by atoms with Crippen molar-refractivity contribution in [2.75, 3.05) is 11.4 Å². The molecular formula is C13H17FN2O. The monoisotopic (exact) mass is 236 g/mol. The number of carbonyl (C=O) groups excluding carboxylic acids is 1. The van der Waals surface area contributed by atoms with Gasteiger partial charge in [-0.2, -0.15) is 0 Å². The largest absolute Gasteiger partial charge is 0.328 e. The number of hydrogen-bond acceptors (Lipinski definition) is 2. The molecule has 0 aliphatic carbocycles. The van der Waals surface area contributed by atoms with Crippen molar-refractivity contribution >= 4 is 11.6 Å². The summed E-state index contributed by atoms with van der Waals surface area (Å²) < 4.78 is 13.2. The molecule has 92 valence electrons. The third-order valence-electron chi connectivity index (χ3n) is 3.24. The number of carbonyl (C=O) groups is 1. The highest BCUT2D eigenvalue weighted by Crippen LogP contribution is 2.33. The van der Waals surface area contributed by atoms with E-state index in [1.54, 1.807) is 11.0 Å². The fraction of sp³-hybridized carbons (Fsp3) is 0.462. The summed E-state index contributed by atoms with van der Waals surface area (Å²) in [5.41, 5.74) is 6.95. The van der Waals surface area contributed by atoms with Gasteiger partial charge in [-0.15, -0.1) is 0 Å². The van der Waals surface area contributed by atoms with Gasteiger partial charge < -0.3 is 10.6 Å². The first-order chi connectivity index (χ1) is 7.95. The minimum Gasteiger partial charge on any atom is -0.328 e. The molecule has 1 aliphatic rings. The zero-order valence-electron chi connectivity index (χ0n) is 10.2. The van der Waals surface area contributed by atoms with Gasteiger partial charge in [0.15, 0.2) is 0 Å². The maximum Gasteiger partial charge on any atom is 0.227 e. The molecule has 1 heterocycles. The number of anilines is 1. The van der Waals surface area contributed by atoms with Gasteiger partial charge in [-0.1, -0.05) is 0 Å². The highest BCUT2D eigenvalue weighted by molar-refractivity contribution is 5.97. The van der Waals surface area contributed by atoms with Crippen LogP contribution in [0.5, 0.6) is 0 Å². The van der Waals surface area contributed by atoms with Gasteiger partial charge >= 0.3 is 0 Å². The van der Waals surface area contributed by atoms with Gasteiger partial charge in [-0.05, 0) is 44.0 Å². The van der Waals surface area contributed by atoms with E-state index in [1.807, 2.05) is 13.8 Å². The molecule has 1 aliphatic heterocycles. The van der Waals surface area contributed by atoms with Crippen molar-refractivity contribution in [3.05, 3.63) is 29.6 Å². The number of aryl methyl sites for hydroxylation is 1. The zero-order chi connectivity index (χ0) is 12.6. The predicted molar refractivity (Wildman–Crippen MR) is 65.3 cm³/mol. The standard InChI is InChI=1S/C13H17FN2O/c1-13(2,8-15)16-11-5-4-10(14)7-9(11)3-6-12(16)17/h4-5,7H,3,6,8,15H2,1-2H3. The van der Waals surface area contributed by atoms with E-state index in [1.165, 1.54) is 12.1 Å². The predicted octanol–water partition coefficient (Wildman–Crippen LogP) is 1.84. The minimum absolute atomic E-state index is 0.0551. The molecule has 0 unspecified atom stereocenters. The normalized spacial score (nSPS) is 16.0. The van der Waals surface area contributed by atoms with Crippen molar-refractivity contribution in [3.8, 4) is 0 Å². The number of fused-ring (bicyclic) bond motifs is 1. The van der Waals surface area contributed by atoms with Crippen molar-refractivity contribution in [1.82, 2.24) is 0 Å². The van der Waals surface area contributed by atoms with Crippen LogP contribution in [0.2, 0.25) is 0 Å². The Kier molecular flexibility index (Phi) is 2.91. The minimum atomic E-state index is -0.440. The molecule has 0 spiro atoms. The number of benzene rings is 1. The average molecular weight is 236 g/mol. The van der Waals surface area contributed by atoms with Crippen molar-refractivity contribution in [1.29, 1.82) is 0 Å². The fourth-order valence-corrected chi connectivity index (χ4v) is 2.22. The molecule has 2 N–H and O–H groups in total. The van der Waals surface area contributed by atoms with E-state index in [9.17, 15) is 9.18 Å². The molecule has 0 saturated heterocycles. The molecule has 0 bridgehead atoms. The Morgan fingerprint density at radius 1 is 1.41 bits per heavy atom. The van der Waals surface area contributed by atoms with Gasteiger partial charge in [-0.3, -0.25) is 4.79 Å². The van der Waals surface area contributed by atoms with E-state index in [0.29, 0.717) is 19.4 Å². The first-order valence-electron chi connectivity index (χ1n) is 5.77. The molecule has 0 aromatic heterocycles. The first kappa shape index (κ1) is 12.0. The Morgan fingerprint density at radius 2 is 2.12 bits per heavy atom. The van der Waals surface area contributed by atoms with Crippen molar-refractivity contribution in [3.63, 3.8) is 0 Å². The molecule has 0 atom stereocenters. The molecule has 1 amide bonds. The highest BCUT2D eigenvalue weighted by atomic mass is 19.1. The second-order valence-electron chi connectivity index (χ2n) is 5.02. The van der Waals surface area contributed by atoms with Crippen LogP contribution in [0.4, 0.5) is 10.1 Å². The molecule has 0 fully saturated rings. The van der Waals surface area contributed by atoms with E-state index in [2.05, 4.69) is 0 Å². The third kappa shape index (κ3) is 2.05. The number of halogens is 1. The Balaban J connectivity index is 2.51. The van der Waals surface area contributed by atoms with Gasteiger partial charge in [0.2, 0.25) is 5.91 Å². The van der Waals surface area contributed by atoms with Crippen LogP contribution in [-0.2, 0) is 11.2 Å². The third-order valence-corrected chi connectivity index (χ3v) is 3.24. The Morgan fingerprint density at radius 3 is 2.76 bits per heavy atom. The summed E-state index contributed by atoms with van der Waals surface area (Å²) in [4.78, 5) is 13.7. The van der Waals surface area contributed by atoms with Gasteiger partial charge in [0, 0.05) is 18.7 Å². The van der Waals surface area contributed by atoms with Crippen LogP contribution in [0.25, 0.3) is 0 Å². The molecule has 0 saturated carbocycles. The van der Waals surface area contributed by atoms with E-state index in [4.69, 9.17) is 5.73 Å². The number of rotatable bonds is 2. The number of hydrogen-bond donors (Lipinski definition) is 1. The lowest BCUT2D eigenvalue weighted by Gasteiger charge is -2.41. The van der Waals surface area contributed by atoms with Crippen LogP contribution in [0.1, 0.15) is 25.8 Å². The molecule has 1 aromatic rings. The Bertz CT molecular complexity index is 457. The summed E-state index contributed by atoms with van der Waals surface area (Å²) in [6.45, 7) is 4.21. The van der Waals surface area contributed by atoms with E-state index >= 15 is 0 Å². The summed E-state index contributed by atoms with van der Waals surface area (Å²) in [6.07, 6.45) is 1.02. The smallest absolute Gasteiger partial charge is 0.227 e. The van der Waals surface area contributed by atoms with E-state index in [0.717, 1.165) is 11.3 Å². The number of amides is 1. The summed E-state index contributed by atoms with van der Waals surface area (Å²) in [6, 6.07) is 4.55. The van der Waals surface area contributed by atoms with E-state index in [-0.39, 0.29) is 11.7 Å². The zero-order valence-corrected chi connectivity index (χ0v) is 10.2. The average Bonchev–Trinajstić information content (AvgIpc) is 2.29. The maximum atomic E-state index is 13.2. The van der Waals surface area contributed by atoms with Crippen LogP contribution < -0.4 is 10.6 Å². The molecule has 1 aromatic carbocycles. The number of nitrogens with two attached hydrogens (primary N) is 1. The van der Waals surface area contributed by atoms with E-state index < -0.39 is 5.54 Å². The first-order valence-corrected chi connectivity index (χ1v) is 5.77. The molecule has 3 nitrogen and oxygen atoms in total. The SMILES string of the molecule is CC(C)(CN)N1C(=O)CCc2cc(F)ccc21. The van der Waals surface area contributed by atoms with Crippen molar-refractivity contribution in [2.45, 2.75) is 32.2 Å². The Hall–Kier alpha value is -1.42. The molecule has 0 radical (unpaired) electrons. The molecule has 4 heteroatoms. The summed E-state index contributed by atoms with van der Waals surface area (Å²) >= 11 is 0. The maximum absolute atomic E-state index is 13.2. The Labute approximate surface area is 100 Å². The van der Waals surface area contributed by atoms with Crippen LogP contribution in [0, 0.1) is 5.82 Å². The summed E-state index contributed by atoms with van der Waals surface area (Å²) in [5, 5.41) is 0. The lowest BCUT2D eigenvalue weighted by atomic mass is 9.94. The molecule has 2 rings (SSSR count). The fourth-order valence-electron chi connectivity index (χ4n) is 2.22. The van der Waals surface area contributed by atoms with Gasteiger partial charge in [0.25, 0.3) is 0 Å². The van der Waals surface area contributed by atoms with Crippen molar-refractivity contribution in [2.24, 2.45) is 5.73 Å². The van der Waals surface area contributed by atoms with Gasteiger partial charge in [-0.25, -0.2) is 4.39 Å². The highest BCUT2D eigenvalue weighted by Gasteiger charge is 2.34. The lowest BCUT2D eigenvalue weighted by Crippen LogP contribution is -2.54. The molecule has 17 heavy (non-hydrogen) atoms. The number of nitrogens with zero attached hydrogens (tertiary/aromatic N) is 1. The topological polar surface area (TPSA) is 46.3 Å². The lowest BCUT2D eigenvalue weighted by molar-refractivity contribution is -0.119. The summed E-state index contributed by atoms with van der Waals surface area (Å²) in [7, 11) is 0. The van der Waals surface area contributed by atoms with Gasteiger partial charge in [0.05, 0.1) is 5.54 Å². The quantitative estimate of drug-likeness (QED) is 0.851.